The van der Waals surface area contributed by atoms with Gasteiger partial charge in [0.1, 0.15) is 6.33 Å². The van der Waals surface area contributed by atoms with Crippen LogP contribution in [0.5, 0.6) is 0 Å². The summed E-state index contributed by atoms with van der Waals surface area (Å²) in [4.78, 5) is 12.3. The van der Waals surface area contributed by atoms with Crippen LogP contribution >= 0.6 is 22.9 Å². The number of nitrogens with one attached hydrogen (secondary N) is 1. The van der Waals surface area contributed by atoms with Crippen molar-refractivity contribution in [2.45, 2.75) is 20.0 Å². The highest BCUT2D eigenvalue weighted by molar-refractivity contribution is 7.17. The Labute approximate surface area is 107 Å². The summed E-state index contributed by atoms with van der Waals surface area (Å²) in [7, 11) is 0. The van der Waals surface area contributed by atoms with Gasteiger partial charge in [-0.1, -0.05) is 11.6 Å². The molecule has 2 aromatic rings. The van der Waals surface area contributed by atoms with E-state index in [1.807, 2.05) is 11.5 Å². The second-order valence-corrected chi connectivity index (χ2v) is 5.03. The molecule has 1 amide bonds. The lowest BCUT2D eigenvalue weighted by Crippen LogP contribution is -2.23. The molecule has 0 spiro atoms. The van der Waals surface area contributed by atoms with Gasteiger partial charge < -0.3 is 9.88 Å². The predicted octanol–water partition coefficient (Wildman–Crippen LogP) is 1.94. The smallest absolute Gasteiger partial charge is 0.261 e. The van der Waals surface area contributed by atoms with Gasteiger partial charge in [0.05, 0.1) is 15.8 Å². The van der Waals surface area contributed by atoms with Crippen LogP contribution in [0.2, 0.25) is 4.34 Å². The Morgan fingerprint density at radius 2 is 2.41 bits per heavy atom. The highest BCUT2D eigenvalue weighted by atomic mass is 35.5. The summed E-state index contributed by atoms with van der Waals surface area (Å²) in [6, 6.07) is 3.41. The Hall–Kier alpha value is -1.40. The van der Waals surface area contributed by atoms with E-state index in [2.05, 4.69) is 15.5 Å². The number of hydrogen-bond acceptors (Lipinski definition) is 4. The number of aryl methyl sites for hydroxylation is 1. The topological polar surface area (TPSA) is 59.8 Å². The molecule has 0 aliphatic carbocycles. The molecule has 0 atom stereocenters. The van der Waals surface area contributed by atoms with E-state index < -0.39 is 0 Å². The molecule has 0 aliphatic heterocycles. The van der Waals surface area contributed by atoms with Crippen molar-refractivity contribution in [1.82, 2.24) is 20.1 Å². The maximum Gasteiger partial charge on any atom is 0.261 e. The Morgan fingerprint density at radius 3 is 3.06 bits per heavy atom. The van der Waals surface area contributed by atoms with Crippen molar-refractivity contribution in [2.75, 3.05) is 0 Å². The first-order chi connectivity index (χ1) is 8.20. The number of carbonyl (C=O) groups excluding carboxylic acids is 1. The van der Waals surface area contributed by atoms with Gasteiger partial charge in [0.25, 0.3) is 5.91 Å². The number of hydrogen-bond donors (Lipinski definition) is 1. The van der Waals surface area contributed by atoms with Gasteiger partial charge in [-0.3, -0.25) is 4.79 Å². The van der Waals surface area contributed by atoms with Gasteiger partial charge in [-0.15, -0.1) is 21.5 Å². The fraction of sp³-hybridized carbons (Fsp3) is 0.300. The monoisotopic (exact) mass is 270 g/mol. The van der Waals surface area contributed by atoms with E-state index in [1.165, 1.54) is 11.3 Å². The second kappa shape index (κ2) is 5.29. The molecular formula is C10H11ClN4OS. The molecule has 0 fully saturated rings. The third-order valence-corrected chi connectivity index (χ3v) is 3.47. The van der Waals surface area contributed by atoms with E-state index in [-0.39, 0.29) is 5.91 Å². The number of amides is 1. The van der Waals surface area contributed by atoms with E-state index in [9.17, 15) is 4.79 Å². The number of rotatable bonds is 4. The molecule has 0 saturated carbocycles. The van der Waals surface area contributed by atoms with Crippen LogP contribution in [0.4, 0.5) is 0 Å². The summed E-state index contributed by atoms with van der Waals surface area (Å²) < 4.78 is 2.48. The largest absolute Gasteiger partial charge is 0.344 e. The minimum Gasteiger partial charge on any atom is -0.344 e. The van der Waals surface area contributed by atoms with Crippen LogP contribution in [0.15, 0.2) is 18.5 Å². The number of carbonyl (C=O) groups is 1. The lowest BCUT2D eigenvalue weighted by Gasteiger charge is -2.04. The maximum absolute atomic E-state index is 11.7. The molecule has 2 heterocycles. The molecule has 0 unspecified atom stereocenters. The minimum absolute atomic E-state index is 0.146. The summed E-state index contributed by atoms with van der Waals surface area (Å²) >= 11 is 7.02. The SMILES string of the molecule is CCn1cnnc1CNC(=O)c1ccc(Cl)s1. The van der Waals surface area contributed by atoms with Gasteiger partial charge in [-0.2, -0.15) is 0 Å². The number of aromatic nitrogens is 3. The molecule has 7 heteroatoms. The van der Waals surface area contributed by atoms with Crippen LogP contribution in [0.25, 0.3) is 0 Å². The standard InChI is InChI=1S/C10H11ClN4OS/c1-2-15-6-13-14-9(15)5-12-10(16)7-3-4-8(11)17-7/h3-4,6H,2,5H2,1H3,(H,12,16). The van der Waals surface area contributed by atoms with Crippen molar-refractivity contribution in [3.63, 3.8) is 0 Å². The van der Waals surface area contributed by atoms with Gasteiger partial charge in [0.15, 0.2) is 5.82 Å². The fourth-order valence-electron chi connectivity index (χ4n) is 1.36. The van der Waals surface area contributed by atoms with Crippen molar-refractivity contribution < 1.29 is 4.79 Å². The van der Waals surface area contributed by atoms with Crippen molar-refractivity contribution in [1.29, 1.82) is 0 Å². The van der Waals surface area contributed by atoms with Gasteiger partial charge >= 0.3 is 0 Å². The fourth-order valence-corrected chi connectivity index (χ4v) is 2.32. The number of halogens is 1. The van der Waals surface area contributed by atoms with Crippen LogP contribution in [0.1, 0.15) is 22.4 Å². The van der Waals surface area contributed by atoms with Gasteiger partial charge in [0.2, 0.25) is 0 Å². The Kier molecular flexibility index (Phi) is 3.75. The molecule has 1 N–H and O–H groups in total. The summed E-state index contributed by atoms with van der Waals surface area (Å²) in [5.74, 6) is 0.594. The number of nitrogens with zero attached hydrogens (tertiary/aromatic N) is 3. The van der Waals surface area contributed by atoms with Crippen LogP contribution in [-0.4, -0.2) is 20.7 Å². The van der Waals surface area contributed by atoms with E-state index in [1.54, 1.807) is 18.5 Å². The summed E-state index contributed by atoms with van der Waals surface area (Å²) in [5, 5.41) is 10.5. The molecule has 2 rings (SSSR count). The van der Waals surface area contributed by atoms with E-state index in [0.717, 1.165) is 12.4 Å². The van der Waals surface area contributed by atoms with Crippen LogP contribution in [-0.2, 0) is 13.1 Å². The normalized spacial score (nSPS) is 10.5. The second-order valence-electron chi connectivity index (χ2n) is 3.32. The molecule has 2 aromatic heterocycles. The molecule has 0 aliphatic rings. The molecular weight excluding hydrogens is 260 g/mol. The third-order valence-electron chi connectivity index (χ3n) is 2.24. The maximum atomic E-state index is 11.7. The Bertz CT molecular complexity index is 522. The molecule has 5 nitrogen and oxygen atoms in total. The lowest BCUT2D eigenvalue weighted by atomic mass is 10.4. The predicted molar refractivity (Wildman–Crippen MR) is 66.2 cm³/mol. The number of thiophene rings is 1. The highest BCUT2D eigenvalue weighted by Crippen LogP contribution is 2.21. The molecule has 0 aromatic carbocycles. The van der Waals surface area contributed by atoms with E-state index in [0.29, 0.717) is 15.8 Å². The molecule has 0 bridgehead atoms. The molecule has 0 saturated heterocycles. The first kappa shape index (κ1) is 12.1. The first-order valence-corrected chi connectivity index (χ1v) is 6.30. The van der Waals surface area contributed by atoms with Crippen molar-refractivity contribution in [3.8, 4) is 0 Å². The average molecular weight is 271 g/mol. The minimum atomic E-state index is -0.146. The van der Waals surface area contributed by atoms with E-state index in [4.69, 9.17) is 11.6 Å². The third kappa shape index (κ3) is 2.83. The first-order valence-electron chi connectivity index (χ1n) is 5.11. The van der Waals surface area contributed by atoms with E-state index >= 15 is 0 Å². The van der Waals surface area contributed by atoms with Crippen LogP contribution < -0.4 is 5.32 Å². The summed E-state index contributed by atoms with van der Waals surface area (Å²) in [6.07, 6.45) is 1.64. The molecule has 90 valence electrons. The zero-order valence-electron chi connectivity index (χ0n) is 9.18. The van der Waals surface area contributed by atoms with Crippen LogP contribution in [0, 0.1) is 0 Å². The Balaban J connectivity index is 1.97. The van der Waals surface area contributed by atoms with Crippen molar-refractivity contribution in [3.05, 3.63) is 33.5 Å². The van der Waals surface area contributed by atoms with Crippen molar-refractivity contribution in [2.24, 2.45) is 0 Å². The molecule has 0 radical (unpaired) electrons. The Morgan fingerprint density at radius 1 is 1.59 bits per heavy atom. The van der Waals surface area contributed by atoms with Crippen molar-refractivity contribution >= 4 is 28.8 Å². The van der Waals surface area contributed by atoms with Gasteiger partial charge in [-0.25, -0.2) is 0 Å². The summed E-state index contributed by atoms with van der Waals surface area (Å²) in [5.41, 5.74) is 0. The lowest BCUT2D eigenvalue weighted by molar-refractivity contribution is 0.0953. The van der Waals surface area contributed by atoms with Crippen LogP contribution in [0.3, 0.4) is 0 Å². The quantitative estimate of drug-likeness (QED) is 0.924. The highest BCUT2D eigenvalue weighted by Gasteiger charge is 2.10. The van der Waals surface area contributed by atoms with Gasteiger partial charge in [-0.05, 0) is 19.1 Å². The molecule has 17 heavy (non-hydrogen) atoms. The average Bonchev–Trinajstić information content (AvgIpc) is 2.94. The zero-order chi connectivity index (χ0) is 12.3. The van der Waals surface area contributed by atoms with Gasteiger partial charge in [0, 0.05) is 6.54 Å². The zero-order valence-corrected chi connectivity index (χ0v) is 10.8. The summed E-state index contributed by atoms with van der Waals surface area (Å²) in [6.45, 7) is 3.14.